The van der Waals surface area contributed by atoms with Gasteiger partial charge in [-0.3, -0.25) is 18.8 Å². The number of benzene rings is 2. The van der Waals surface area contributed by atoms with Crippen molar-refractivity contribution in [2.24, 2.45) is 0 Å². The predicted octanol–water partition coefficient (Wildman–Crippen LogP) is 4.58. The number of nitrogens with zero attached hydrogens (tertiary/aromatic N) is 2. The van der Waals surface area contributed by atoms with Crippen molar-refractivity contribution in [1.82, 2.24) is 15.1 Å². The molecule has 32 heavy (non-hydrogen) atoms. The second-order valence-electron chi connectivity index (χ2n) is 8.32. The predicted molar refractivity (Wildman–Crippen MR) is 133 cm³/mol. The molecule has 1 N–H and O–H groups in total. The molecule has 5 nitrogen and oxygen atoms in total. The molecule has 1 atom stereocenters. The van der Waals surface area contributed by atoms with Gasteiger partial charge in [0, 0.05) is 71.6 Å². The van der Waals surface area contributed by atoms with E-state index in [4.69, 9.17) is 23.2 Å². The number of nitrogens with one attached hydrogen (secondary N) is 1. The normalized spacial score (nSPS) is 16.3. The molecular weight excluding hydrogens is 465 g/mol. The highest BCUT2D eigenvalue weighted by Gasteiger charge is 2.19. The van der Waals surface area contributed by atoms with Gasteiger partial charge in [0.2, 0.25) is 0 Å². The van der Waals surface area contributed by atoms with Crippen LogP contribution in [0, 0.1) is 0 Å². The second kappa shape index (κ2) is 11.6. The second-order valence-corrected chi connectivity index (χ2v) is 10.9. The SMILES string of the molecule is CCS(=O)c1ccc(Cl)cc1CNC(=O)c1cc(Cl)cc(CN2CCN(C(C)C)CC2)c1. The lowest BCUT2D eigenvalue weighted by Crippen LogP contribution is -2.48. The van der Waals surface area contributed by atoms with Crippen LogP contribution in [0.25, 0.3) is 0 Å². The maximum atomic E-state index is 12.9. The molecule has 0 aliphatic carbocycles. The van der Waals surface area contributed by atoms with E-state index in [0.717, 1.165) is 43.9 Å². The Morgan fingerprint density at radius 2 is 1.78 bits per heavy atom. The zero-order chi connectivity index (χ0) is 23.3. The molecule has 1 amide bonds. The van der Waals surface area contributed by atoms with Gasteiger partial charge in [-0.2, -0.15) is 0 Å². The van der Waals surface area contributed by atoms with Crippen molar-refractivity contribution >= 4 is 39.9 Å². The molecular formula is C24H31Cl2N3O2S. The van der Waals surface area contributed by atoms with Crippen LogP contribution in [0.5, 0.6) is 0 Å². The first kappa shape index (κ1) is 25.2. The molecule has 0 spiro atoms. The van der Waals surface area contributed by atoms with Gasteiger partial charge in [0.25, 0.3) is 5.91 Å². The van der Waals surface area contributed by atoms with E-state index in [-0.39, 0.29) is 12.5 Å². The van der Waals surface area contributed by atoms with Crippen molar-refractivity contribution in [1.29, 1.82) is 0 Å². The van der Waals surface area contributed by atoms with Gasteiger partial charge >= 0.3 is 0 Å². The summed E-state index contributed by atoms with van der Waals surface area (Å²) in [5, 5.41) is 4.02. The third kappa shape index (κ3) is 6.78. The van der Waals surface area contributed by atoms with Gasteiger partial charge < -0.3 is 5.32 Å². The largest absolute Gasteiger partial charge is 0.348 e. The van der Waals surface area contributed by atoms with Crippen molar-refractivity contribution in [2.45, 2.75) is 44.8 Å². The fraction of sp³-hybridized carbons (Fsp3) is 0.458. The van der Waals surface area contributed by atoms with Gasteiger partial charge in [-0.15, -0.1) is 0 Å². The number of amides is 1. The van der Waals surface area contributed by atoms with Crippen LogP contribution < -0.4 is 5.32 Å². The summed E-state index contributed by atoms with van der Waals surface area (Å²) >= 11 is 12.5. The average Bonchev–Trinajstić information content (AvgIpc) is 2.77. The summed E-state index contributed by atoms with van der Waals surface area (Å²) in [6.07, 6.45) is 0. The summed E-state index contributed by atoms with van der Waals surface area (Å²) in [7, 11) is -1.13. The number of carbonyl (C=O) groups excluding carboxylic acids is 1. The first-order valence-corrected chi connectivity index (χ1v) is 13.0. The third-order valence-electron chi connectivity index (χ3n) is 5.73. The van der Waals surface area contributed by atoms with Gasteiger partial charge in [0.05, 0.1) is 10.8 Å². The minimum Gasteiger partial charge on any atom is -0.348 e. The van der Waals surface area contributed by atoms with Gasteiger partial charge in [-0.05, 0) is 61.4 Å². The van der Waals surface area contributed by atoms with Crippen molar-refractivity contribution < 1.29 is 9.00 Å². The zero-order valence-electron chi connectivity index (χ0n) is 18.9. The number of rotatable bonds is 8. The van der Waals surface area contributed by atoms with Gasteiger partial charge in [0.15, 0.2) is 0 Å². The highest BCUT2D eigenvalue weighted by Crippen LogP contribution is 2.21. The molecule has 0 aromatic heterocycles. The summed E-state index contributed by atoms with van der Waals surface area (Å²) in [5.74, 6) is 0.289. The maximum Gasteiger partial charge on any atom is 0.251 e. The van der Waals surface area contributed by atoms with Crippen LogP contribution in [0.3, 0.4) is 0 Å². The molecule has 0 bridgehead atoms. The molecule has 1 heterocycles. The van der Waals surface area contributed by atoms with Crippen LogP contribution in [-0.2, 0) is 23.9 Å². The molecule has 8 heteroatoms. The van der Waals surface area contributed by atoms with Crippen molar-refractivity contribution in [3.05, 3.63) is 63.1 Å². The lowest BCUT2D eigenvalue weighted by molar-refractivity contribution is 0.0949. The Balaban J connectivity index is 1.66. The number of hydrogen-bond acceptors (Lipinski definition) is 4. The van der Waals surface area contributed by atoms with E-state index in [1.165, 1.54) is 0 Å². The van der Waals surface area contributed by atoms with Crippen LogP contribution in [0.4, 0.5) is 0 Å². The fourth-order valence-corrected chi connectivity index (χ4v) is 5.32. The van der Waals surface area contributed by atoms with Crippen molar-refractivity contribution in [3.8, 4) is 0 Å². The molecule has 2 aromatic carbocycles. The maximum absolute atomic E-state index is 12.9. The highest BCUT2D eigenvalue weighted by atomic mass is 35.5. The smallest absolute Gasteiger partial charge is 0.251 e. The van der Waals surface area contributed by atoms with Gasteiger partial charge in [0.1, 0.15) is 0 Å². The van der Waals surface area contributed by atoms with Crippen LogP contribution in [0.15, 0.2) is 41.3 Å². The Morgan fingerprint density at radius 3 is 2.44 bits per heavy atom. The van der Waals surface area contributed by atoms with E-state index in [0.29, 0.717) is 32.3 Å². The Morgan fingerprint density at radius 1 is 1.06 bits per heavy atom. The molecule has 1 saturated heterocycles. The summed E-state index contributed by atoms with van der Waals surface area (Å²) in [4.78, 5) is 18.4. The quantitative estimate of drug-likeness (QED) is 0.582. The van der Waals surface area contributed by atoms with Crippen LogP contribution >= 0.6 is 23.2 Å². The molecule has 3 rings (SSSR count). The van der Waals surface area contributed by atoms with Crippen LogP contribution in [0.1, 0.15) is 42.3 Å². The Kier molecular flexibility index (Phi) is 9.14. The van der Waals surface area contributed by atoms with Crippen LogP contribution in [0.2, 0.25) is 10.0 Å². The van der Waals surface area contributed by atoms with Crippen molar-refractivity contribution in [3.63, 3.8) is 0 Å². The number of halogens is 2. The minimum atomic E-state index is -1.13. The topological polar surface area (TPSA) is 52.7 Å². The molecule has 1 unspecified atom stereocenters. The van der Waals surface area contributed by atoms with Gasteiger partial charge in [-0.25, -0.2) is 0 Å². The van der Waals surface area contributed by atoms with Crippen LogP contribution in [-0.4, -0.2) is 57.9 Å². The fourth-order valence-electron chi connectivity index (χ4n) is 3.91. The molecule has 1 aliphatic heterocycles. The summed E-state index contributed by atoms with van der Waals surface area (Å²) in [5.41, 5.74) is 2.31. The van der Waals surface area contributed by atoms with Gasteiger partial charge in [-0.1, -0.05) is 30.1 Å². The molecule has 2 aromatic rings. The summed E-state index contributed by atoms with van der Waals surface area (Å²) in [6.45, 7) is 11.4. The number of carbonyl (C=O) groups is 1. The number of hydrogen-bond donors (Lipinski definition) is 1. The molecule has 0 saturated carbocycles. The summed E-state index contributed by atoms with van der Waals surface area (Å²) < 4.78 is 12.3. The number of piperazine rings is 1. The Hall–Kier alpha value is -1.44. The van der Waals surface area contributed by atoms with E-state index < -0.39 is 10.8 Å². The van der Waals surface area contributed by atoms with E-state index in [1.54, 1.807) is 24.3 Å². The lowest BCUT2D eigenvalue weighted by atomic mass is 10.1. The van der Waals surface area contributed by atoms with E-state index in [2.05, 4.69) is 29.0 Å². The standard InChI is InChI=1S/C24H31Cl2N3O2S/c1-4-32(31)23-6-5-21(25)14-20(23)15-27-24(30)19-11-18(12-22(26)13-19)16-28-7-9-29(10-8-28)17(2)3/h5-6,11-14,17H,4,7-10,15-16H2,1-3H3,(H,27,30). The van der Waals surface area contributed by atoms with Crippen molar-refractivity contribution in [2.75, 3.05) is 31.9 Å². The molecule has 0 radical (unpaired) electrons. The van der Waals surface area contributed by atoms with E-state index >= 15 is 0 Å². The molecule has 1 aliphatic rings. The monoisotopic (exact) mass is 495 g/mol. The third-order valence-corrected chi connectivity index (χ3v) is 7.60. The Labute approximate surface area is 203 Å². The molecule has 1 fully saturated rings. The Bertz CT molecular complexity index is 976. The first-order valence-electron chi connectivity index (χ1n) is 11.0. The van der Waals surface area contributed by atoms with E-state index in [1.807, 2.05) is 19.1 Å². The van der Waals surface area contributed by atoms with E-state index in [9.17, 15) is 9.00 Å². The summed E-state index contributed by atoms with van der Waals surface area (Å²) in [6, 6.07) is 11.3. The first-order chi connectivity index (χ1) is 15.3. The molecule has 174 valence electrons. The minimum absolute atomic E-state index is 0.216. The highest BCUT2D eigenvalue weighted by molar-refractivity contribution is 7.85. The zero-order valence-corrected chi connectivity index (χ0v) is 21.2. The average molecular weight is 497 g/mol. The lowest BCUT2D eigenvalue weighted by Gasteiger charge is -2.37.